The van der Waals surface area contributed by atoms with E-state index < -0.39 is 0 Å². The van der Waals surface area contributed by atoms with Crippen molar-refractivity contribution < 1.29 is 19.8 Å². The van der Waals surface area contributed by atoms with E-state index in [1.807, 2.05) is 42.5 Å². The van der Waals surface area contributed by atoms with Crippen LogP contribution >= 0.6 is 0 Å². The van der Waals surface area contributed by atoms with Crippen LogP contribution in [0.1, 0.15) is 32.0 Å². The molecular formula is C28H27N5O4. The van der Waals surface area contributed by atoms with Gasteiger partial charge in [0.2, 0.25) is 5.95 Å². The van der Waals surface area contributed by atoms with Crippen LogP contribution in [0.4, 0.5) is 5.95 Å². The maximum absolute atomic E-state index is 13.6. The first-order valence-electron chi connectivity index (χ1n) is 12.0. The Hall–Kier alpha value is -4.34. The quantitative estimate of drug-likeness (QED) is 0.357. The molecule has 4 N–H and O–H groups in total. The molecule has 9 nitrogen and oxygen atoms in total. The van der Waals surface area contributed by atoms with Crippen LogP contribution in [-0.4, -0.2) is 68.1 Å². The standard InChI is InChI=1S/C28H27N5O4/c29-28-30-24-10-9-18(21-7-3-4-8-22(21)26(36)32(11-13-34)12-14-35)15-23(24)25(31-28)27(37)33-16-19-5-1-2-6-20(19)17-33/h1-10,15,34-35H,11-14,16-17H2,(H2,29,30,31). The van der Waals surface area contributed by atoms with Crippen LogP contribution < -0.4 is 5.73 Å². The fraction of sp³-hybridized carbons (Fsp3) is 0.214. The topological polar surface area (TPSA) is 133 Å². The molecule has 9 heteroatoms. The second-order valence-corrected chi connectivity index (χ2v) is 8.88. The lowest BCUT2D eigenvalue weighted by molar-refractivity contribution is 0.0685. The lowest BCUT2D eigenvalue weighted by atomic mass is 9.97. The molecule has 1 aromatic heterocycles. The number of benzene rings is 3. The Kier molecular flexibility index (Phi) is 6.80. The van der Waals surface area contributed by atoms with Crippen LogP contribution in [0.15, 0.2) is 66.7 Å². The highest BCUT2D eigenvalue weighted by Gasteiger charge is 2.27. The van der Waals surface area contributed by atoms with Gasteiger partial charge in [0.05, 0.1) is 18.7 Å². The van der Waals surface area contributed by atoms with Gasteiger partial charge in [-0.1, -0.05) is 48.5 Å². The van der Waals surface area contributed by atoms with Crippen molar-refractivity contribution in [3.63, 3.8) is 0 Å². The Morgan fingerprint density at radius 1 is 0.892 bits per heavy atom. The Morgan fingerprint density at radius 2 is 1.54 bits per heavy atom. The number of rotatable bonds is 7. The van der Waals surface area contributed by atoms with Gasteiger partial charge in [0.15, 0.2) is 0 Å². The van der Waals surface area contributed by atoms with Crippen molar-refractivity contribution >= 4 is 28.7 Å². The molecule has 0 saturated heterocycles. The van der Waals surface area contributed by atoms with Crippen molar-refractivity contribution in [2.75, 3.05) is 32.0 Å². The summed E-state index contributed by atoms with van der Waals surface area (Å²) in [6, 6.07) is 20.4. The number of aromatic nitrogens is 2. The second kappa shape index (κ2) is 10.3. The van der Waals surface area contributed by atoms with E-state index in [1.54, 1.807) is 29.2 Å². The average Bonchev–Trinajstić information content (AvgIpc) is 3.36. The molecule has 1 aliphatic heterocycles. The molecule has 0 bridgehead atoms. The minimum Gasteiger partial charge on any atom is -0.395 e. The van der Waals surface area contributed by atoms with Gasteiger partial charge in [0, 0.05) is 37.1 Å². The van der Waals surface area contributed by atoms with Crippen LogP contribution in [0.5, 0.6) is 0 Å². The first kappa shape index (κ1) is 24.4. The number of nitrogens with zero attached hydrogens (tertiary/aromatic N) is 4. The number of hydrogen-bond acceptors (Lipinski definition) is 7. The molecule has 2 heterocycles. The minimum absolute atomic E-state index is 0.0135. The Bertz CT molecular complexity index is 1460. The zero-order chi connectivity index (χ0) is 25.9. The summed E-state index contributed by atoms with van der Waals surface area (Å²) < 4.78 is 0. The zero-order valence-corrected chi connectivity index (χ0v) is 20.2. The van der Waals surface area contributed by atoms with Gasteiger partial charge in [-0.3, -0.25) is 9.59 Å². The van der Waals surface area contributed by atoms with Gasteiger partial charge in [-0.15, -0.1) is 0 Å². The maximum Gasteiger partial charge on any atom is 0.273 e. The fourth-order valence-corrected chi connectivity index (χ4v) is 4.75. The molecule has 2 amide bonds. The summed E-state index contributed by atoms with van der Waals surface area (Å²) in [5, 5.41) is 19.3. The van der Waals surface area contributed by atoms with Gasteiger partial charge in [-0.2, -0.15) is 0 Å². The SMILES string of the molecule is Nc1nc(C(=O)N2Cc3ccccc3C2)c2cc(-c3ccccc3C(=O)N(CCO)CCO)ccc2n1. The van der Waals surface area contributed by atoms with Gasteiger partial charge in [0.25, 0.3) is 11.8 Å². The van der Waals surface area contributed by atoms with E-state index in [-0.39, 0.29) is 49.8 Å². The number of carbonyl (C=O) groups excluding carboxylic acids is 2. The molecule has 1 aliphatic rings. The van der Waals surface area contributed by atoms with Crippen molar-refractivity contribution in [2.45, 2.75) is 13.1 Å². The maximum atomic E-state index is 13.6. The first-order valence-corrected chi connectivity index (χ1v) is 12.0. The van der Waals surface area contributed by atoms with Gasteiger partial charge in [-0.25, -0.2) is 9.97 Å². The van der Waals surface area contributed by atoms with E-state index in [0.29, 0.717) is 40.7 Å². The van der Waals surface area contributed by atoms with Crippen molar-refractivity contribution in [2.24, 2.45) is 0 Å². The predicted octanol–water partition coefficient (Wildman–Crippen LogP) is 2.46. The van der Waals surface area contributed by atoms with E-state index in [2.05, 4.69) is 9.97 Å². The van der Waals surface area contributed by atoms with Crippen LogP contribution in [-0.2, 0) is 13.1 Å². The smallest absolute Gasteiger partial charge is 0.273 e. The molecule has 188 valence electrons. The van der Waals surface area contributed by atoms with Crippen molar-refractivity contribution in [3.8, 4) is 11.1 Å². The number of anilines is 1. The second-order valence-electron chi connectivity index (χ2n) is 8.88. The zero-order valence-electron chi connectivity index (χ0n) is 20.2. The molecule has 0 fully saturated rings. The third kappa shape index (κ3) is 4.74. The van der Waals surface area contributed by atoms with Gasteiger partial charge in [0.1, 0.15) is 5.69 Å². The largest absolute Gasteiger partial charge is 0.395 e. The number of nitrogen functional groups attached to an aromatic ring is 1. The summed E-state index contributed by atoms with van der Waals surface area (Å²) >= 11 is 0. The molecule has 4 aromatic rings. The van der Waals surface area contributed by atoms with Crippen LogP contribution in [0.25, 0.3) is 22.0 Å². The summed E-state index contributed by atoms with van der Waals surface area (Å²) in [5.41, 5.74) is 10.7. The highest BCUT2D eigenvalue weighted by Crippen LogP contribution is 2.31. The average molecular weight is 498 g/mol. The number of fused-ring (bicyclic) bond motifs is 2. The van der Waals surface area contributed by atoms with E-state index >= 15 is 0 Å². The summed E-state index contributed by atoms with van der Waals surface area (Å²) in [6.45, 7) is 0.764. The number of nitrogens with two attached hydrogens (primary N) is 1. The number of aliphatic hydroxyl groups excluding tert-OH is 2. The summed E-state index contributed by atoms with van der Waals surface area (Å²) in [5.74, 6) is -0.535. The van der Waals surface area contributed by atoms with Crippen molar-refractivity contribution in [1.29, 1.82) is 0 Å². The third-order valence-electron chi connectivity index (χ3n) is 6.54. The molecule has 3 aromatic carbocycles. The highest BCUT2D eigenvalue weighted by atomic mass is 16.3. The van der Waals surface area contributed by atoms with Crippen LogP contribution in [0.3, 0.4) is 0 Å². The van der Waals surface area contributed by atoms with Crippen molar-refractivity contribution in [1.82, 2.24) is 19.8 Å². The molecule has 0 radical (unpaired) electrons. The number of amides is 2. The van der Waals surface area contributed by atoms with Crippen LogP contribution in [0.2, 0.25) is 0 Å². The molecule has 0 aliphatic carbocycles. The molecule has 0 unspecified atom stereocenters. The molecule has 37 heavy (non-hydrogen) atoms. The molecule has 0 atom stereocenters. The summed E-state index contributed by atoms with van der Waals surface area (Å²) in [7, 11) is 0. The Balaban J connectivity index is 1.56. The number of carbonyl (C=O) groups is 2. The predicted molar refractivity (Wildman–Crippen MR) is 139 cm³/mol. The van der Waals surface area contributed by atoms with E-state index in [9.17, 15) is 19.8 Å². The van der Waals surface area contributed by atoms with E-state index in [0.717, 1.165) is 11.1 Å². The number of hydrogen-bond donors (Lipinski definition) is 3. The normalized spacial score (nSPS) is 12.5. The van der Waals surface area contributed by atoms with Gasteiger partial charge in [-0.05, 0) is 40.5 Å². The Labute approximate surface area is 213 Å². The monoisotopic (exact) mass is 497 g/mol. The van der Waals surface area contributed by atoms with Crippen molar-refractivity contribution in [3.05, 3.63) is 89.1 Å². The molecule has 0 spiro atoms. The van der Waals surface area contributed by atoms with Crippen LogP contribution in [0, 0.1) is 0 Å². The Morgan fingerprint density at radius 3 is 2.22 bits per heavy atom. The highest BCUT2D eigenvalue weighted by molar-refractivity contribution is 6.07. The third-order valence-corrected chi connectivity index (χ3v) is 6.54. The van der Waals surface area contributed by atoms with Gasteiger partial charge >= 0.3 is 0 Å². The van der Waals surface area contributed by atoms with E-state index in [1.165, 1.54) is 4.90 Å². The minimum atomic E-state index is -0.307. The lowest BCUT2D eigenvalue weighted by Gasteiger charge is -2.22. The summed E-state index contributed by atoms with van der Waals surface area (Å²) in [6.07, 6.45) is 0. The lowest BCUT2D eigenvalue weighted by Crippen LogP contribution is -2.36. The first-order chi connectivity index (χ1) is 18.0. The summed E-state index contributed by atoms with van der Waals surface area (Å²) in [4.78, 5) is 38.7. The molecular weight excluding hydrogens is 470 g/mol. The van der Waals surface area contributed by atoms with E-state index in [4.69, 9.17) is 5.73 Å². The number of aliphatic hydroxyl groups is 2. The fourth-order valence-electron chi connectivity index (χ4n) is 4.75. The molecule has 5 rings (SSSR count). The molecule has 0 saturated carbocycles. The van der Waals surface area contributed by atoms with Gasteiger partial charge < -0.3 is 25.7 Å².